The summed E-state index contributed by atoms with van der Waals surface area (Å²) >= 11 is 5.68. The Bertz CT molecular complexity index is 614. The molecule has 19 heavy (non-hydrogen) atoms. The summed E-state index contributed by atoms with van der Waals surface area (Å²) < 4.78 is 26.3. The lowest BCUT2D eigenvalue weighted by Crippen LogP contribution is -2.34. The predicted octanol–water partition coefficient (Wildman–Crippen LogP) is 0.354. The number of aromatic amines is 1. The van der Waals surface area contributed by atoms with Crippen LogP contribution in [0.3, 0.4) is 0 Å². The van der Waals surface area contributed by atoms with Gasteiger partial charge in [-0.2, -0.15) is 4.31 Å². The number of halogens is 1. The molecule has 1 aromatic heterocycles. The predicted molar refractivity (Wildman–Crippen MR) is 72.9 cm³/mol. The Hall–Kier alpha value is -0.890. The second kappa shape index (κ2) is 5.62. The summed E-state index contributed by atoms with van der Waals surface area (Å²) in [4.78, 5) is 15.6. The van der Waals surface area contributed by atoms with Gasteiger partial charge in [-0.3, -0.25) is 4.79 Å². The van der Waals surface area contributed by atoms with Crippen LogP contribution in [0.1, 0.15) is 6.42 Å². The number of pyridine rings is 1. The smallest absolute Gasteiger partial charge is 0.266 e. The zero-order chi connectivity index (χ0) is 14.0. The molecule has 2 rings (SSSR count). The SMILES string of the molecule is CN1CCCN(S(=O)(=O)c2c[nH]c(=O)c(Cl)c2)CC1. The molecule has 1 aliphatic heterocycles. The van der Waals surface area contributed by atoms with E-state index in [2.05, 4.69) is 9.88 Å². The van der Waals surface area contributed by atoms with Gasteiger partial charge in [-0.25, -0.2) is 8.42 Å². The molecule has 0 aliphatic carbocycles. The van der Waals surface area contributed by atoms with E-state index in [1.165, 1.54) is 16.6 Å². The number of rotatable bonds is 2. The van der Waals surface area contributed by atoms with Crippen molar-refractivity contribution in [3.8, 4) is 0 Å². The van der Waals surface area contributed by atoms with Gasteiger partial charge in [-0.15, -0.1) is 0 Å². The number of likely N-dealkylation sites (N-methyl/N-ethyl adjacent to an activating group) is 1. The topological polar surface area (TPSA) is 73.5 Å². The van der Waals surface area contributed by atoms with Crippen LogP contribution in [0.2, 0.25) is 5.02 Å². The van der Waals surface area contributed by atoms with Gasteiger partial charge < -0.3 is 9.88 Å². The van der Waals surface area contributed by atoms with E-state index in [1.807, 2.05) is 7.05 Å². The highest BCUT2D eigenvalue weighted by molar-refractivity contribution is 7.89. The van der Waals surface area contributed by atoms with E-state index in [0.29, 0.717) is 19.6 Å². The van der Waals surface area contributed by atoms with Crippen LogP contribution in [0.4, 0.5) is 0 Å². The highest BCUT2D eigenvalue weighted by atomic mass is 35.5. The largest absolute Gasteiger partial charge is 0.326 e. The molecule has 0 radical (unpaired) electrons. The van der Waals surface area contributed by atoms with Crippen LogP contribution in [-0.2, 0) is 10.0 Å². The van der Waals surface area contributed by atoms with Gasteiger partial charge in [0.2, 0.25) is 10.0 Å². The molecule has 1 fully saturated rings. The van der Waals surface area contributed by atoms with E-state index in [9.17, 15) is 13.2 Å². The molecule has 0 spiro atoms. The maximum Gasteiger partial charge on any atom is 0.266 e. The zero-order valence-corrected chi connectivity index (χ0v) is 12.2. The Morgan fingerprint density at radius 2 is 2.00 bits per heavy atom. The van der Waals surface area contributed by atoms with Crippen LogP contribution < -0.4 is 5.56 Å². The summed E-state index contributed by atoms with van der Waals surface area (Å²) in [6.45, 7) is 2.48. The summed E-state index contributed by atoms with van der Waals surface area (Å²) in [5.41, 5.74) is -0.490. The molecule has 106 valence electrons. The third-order valence-electron chi connectivity index (χ3n) is 3.15. The minimum absolute atomic E-state index is 0.0293. The average molecular weight is 306 g/mol. The summed E-state index contributed by atoms with van der Waals surface area (Å²) in [5, 5.41) is -0.118. The van der Waals surface area contributed by atoms with Crippen molar-refractivity contribution in [3.63, 3.8) is 0 Å². The van der Waals surface area contributed by atoms with E-state index in [0.717, 1.165) is 13.0 Å². The Morgan fingerprint density at radius 3 is 2.68 bits per heavy atom. The van der Waals surface area contributed by atoms with Crippen molar-refractivity contribution in [2.45, 2.75) is 11.3 Å². The van der Waals surface area contributed by atoms with Gasteiger partial charge in [0.25, 0.3) is 5.56 Å². The van der Waals surface area contributed by atoms with Gasteiger partial charge in [0.1, 0.15) is 5.02 Å². The first-order valence-corrected chi connectivity index (χ1v) is 7.80. The summed E-state index contributed by atoms with van der Waals surface area (Å²) in [6.07, 6.45) is 1.98. The van der Waals surface area contributed by atoms with Gasteiger partial charge >= 0.3 is 0 Å². The fourth-order valence-electron chi connectivity index (χ4n) is 2.00. The first-order valence-electron chi connectivity index (χ1n) is 5.98. The third-order valence-corrected chi connectivity index (χ3v) is 5.30. The van der Waals surface area contributed by atoms with Crippen molar-refractivity contribution < 1.29 is 8.42 Å². The van der Waals surface area contributed by atoms with Crippen molar-refractivity contribution in [2.75, 3.05) is 33.2 Å². The lowest BCUT2D eigenvalue weighted by Gasteiger charge is -2.20. The molecule has 0 atom stereocenters. The number of aromatic nitrogens is 1. The van der Waals surface area contributed by atoms with Crippen molar-refractivity contribution in [1.29, 1.82) is 0 Å². The maximum atomic E-state index is 12.4. The summed E-state index contributed by atoms with van der Waals surface area (Å²) in [6, 6.07) is 1.20. The Morgan fingerprint density at radius 1 is 1.26 bits per heavy atom. The second-order valence-electron chi connectivity index (χ2n) is 4.57. The summed E-state index contributed by atoms with van der Waals surface area (Å²) in [5.74, 6) is 0. The van der Waals surface area contributed by atoms with Crippen LogP contribution in [-0.4, -0.2) is 55.8 Å². The first-order chi connectivity index (χ1) is 8.91. The minimum atomic E-state index is -3.60. The Labute approximate surface area is 117 Å². The van der Waals surface area contributed by atoms with Crippen LogP contribution in [0, 0.1) is 0 Å². The van der Waals surface area contributed by atoms with Crippen molar-refractivity contribution in [1.82, 2.24) is 14.2 Å². The molecular weight excluding hydrogens is 290 g/mol. The molecule has 1 saturated heterocycles. The number of H-pyrrole nitrogens is 1. The van der Waals surface area contributed by atoms with E-state index in [4.69, 9.17) is 11.6 Å². The number of sulfonamides is 1. The minimum Gasteiger partial charge on any atom is -0.326 e. The van der Waals surface area contributed by atoms with Gasteiger partial charge in [0, 0.05) is 25.8 Å². The fourth-order valence-corrected chi connectivity index (χ4v) is 3.70. The van der Waals surface area contributed by atoms with Crippen molar-refractivity contribution in [2.24, 2.45) is 0 Å². The highest BCUT2D eigenvalue weighted by Gasteiger charge is 2.26. The maximum absolute atomic E-state index is 12.4. The summed E-state index contributed by atoms with van der Waals surface area (Å²) in [7, 11) is -1.63. The van der Waals surface area contributed by atoms with Crippen molar-refractivity contribution >= 4 is 21.6 Å². The van der Waals surface area contributed by atoms with E-state index in [-0.39, 0.29) is 9.92 Å². The molecule has 6 nitrogen and oxygen atoms in total. The van der Waals surface area contributed by atoms with Crippen LogP contribution in [0.15, 0.2) is 22.0 Å². The Kier molecular flexibility index (Phi) is 4.29. The lowest BCUT2D eigenvalue weighted by molar-refractivity contribution is 0.347. The Balaban J connectivity index is 2.30. The van der Waals surface area contributed by atoms with Gasteiger partial charge in [-0.1, -0.05) is 11.6 Å². The normalized spacial score (nSPS) is 19.3. The molecule has 1 N–H and O–H groups in total. The van der Waals surface area contributed by atoms with Gasteiger partial charge in [-0.05, 0) is 26.1 Å². The van der Waals surface area contributed by atoms with Gasteiger partial charge in [0.15, 0.2) is 0 Å². The molecular formula is C11H16ClN3O3S. The van der Waals surface area contributed by atoms with Gasteiger partial charge in [0.05, 0.1) is 4.90 Å². The van der Waals surface area contributed by atoms with Crippen molar-refractivity contribution in [3.05, 3.63) is 27.6 Å². The molecule has 1 aliphatic rings. The molecule has 0 unspecified atom stereocenters. The molecule has 8 heteroatoms. The number of hydrogen-bond donors (Lipinski definition) is 1. The third kappa shape index (κ3) is 3.17. The second-order valence-corrected chi connectivity index (χ2v) is 6.92. The fraction of sp³-hybridized carbons (Fsp3) is 0.545. The zero-order valence-electron chi connectivity index (χ0n) is 10.6. The molecule has 0 bridgehead atoms. The highest BCUT2D eigenvalue weighted by Crippen LogP contribution is 2.18. The monoisotopic (exact) mass is 305 g/mol. The molecule has 0 saturated carbocycles. The first kappa shape index (κ1) is 14.5. The van der Waals surface area contributed by atoms with Crippen LogP contribution >= 0.6 is 11.6 Å². The number of hydrogen-bond acceptors (Lipinski definition) is 4. The number of nitrogens with zero attached hydrogens (tertiary/aromatic N) is 2. The van der Waals surface area contributed by atoms with E-state index >= 15 is 0 Å². The molecule has 1 aromatic rings. The van der Waals surface area contributed by atoms with E-state index in [1.54, 1.807) is 0 Å². The van der Waals surface area contributed by atoms with Crippen LogP contribution in [0.25, 0.3) is 0 Å². The van der Waals surface area contributed by atoms with Crippen LogP contribution in [0.5, 0.6) is 0 Å². The number of nitrogens with one attached hydrogen (secondary N) is 1. The molecule has 0 amide bonds. The van der Waals surface area contributed by atoms with E-state index < -0.39 is 15.6 Å². The quantitative estimate of drug-likeness (QED) is 0.856. The standard InChI is InChI=1S/C11H16ClN3O3S/c1-14-3-2-4-15(6-5-14)19(17,18)9-7-10(12)11(16)13-8-9/h7-8H,2-6H2,1H3,(H,13,16). The molecule has 0 aromatic carbocycles. The molecule has 2 heterocycles. The average Bonchev–Trinajstić information content (AvgIpc) is 2.57. The lowest BCUT2D eigenvalue weighted by atomic mass is 10.4.